The third-order valence-corrected chi connectivity index (χ3v) is 4.39. The van der Waals surface area contributed by atoms with Crippen LogP contribution in [0, 0.1) is 20.8 Å². The smallest absolute Gasteiger partial charge is 0.438 e. The summed E-state index contributed by atoms with van der Waals surface area (Å²) in [4.78, 5) is 11.6. The van der Waals surface area contributed by atoms with Gasteiger partial charge in [0.2, 0.25) is 0 Å². The van der Waals surface area contributed by atoms with E-state index in [1.807, 2.05) is 26.0 Å². The first-order valence-corrected chi connectivity index (χ1v) is 8.27. The lowest BCUT2D eigenvalue weighted by Crippen LogP contribution is -2.28. The summed E-state index contributed by atoms with van der Waals surface area (Å²) in [5.41, 5.74) is 5.53. The maximum atomic E-state index is 11.6. The van der Waals surface area contributed by atoms with Gasteiger partial charge in [-0.1, -0.05) is 25.1 Å². The fourth-order valence-electron chi connectivity index (χ4n) is 2.67. The first kappa shape index (κ1) is 18.8. The highest BCUT2D eigenvalue weighted by Gasteiger charge is 2.19. The van der Waals surface area contributed by atoms with E-state index in [2.05, 4.69) is 24.7 Å². The zero-order chi connectivity index (χ0) is 18.6. The lowest BCUT2D eigenvalue weighted by atomic mass is 10.0. The molecule has 0 aromatic heterocycles. The molecule has 5 nitrogen and oxygen atoms in total. The Morgan fingerprint density at radius 1 is 1.12 bits per heavy atom. The van der Waals surface area contributed by atoms with Crippen molar-refractivity contribution in [1.29, 1.82) is 0 Å². The average Bonchev–Trinajstić information content (AvgIpc) is 2.61. The maximum Gasteiger partial charge on any atom is 0.438 e. The number of amides is 1. The molecule has 0 unspecified atom stereocenters. The molecule has 0 saturated heterocycles. The number of carbonyl (C=O) groups is 1. The number of rotatable bonds is 5. The molecule has 0 aliphatic heterocycles. The van der Waals surface area contributed by atoms with Crippen LogP contribution in [0.4, 0.5) is 10.5 Å². The Bertz CT molecular complexity index is 771. The molecule has 1 N–H and O–H groups in total. The first-order valence-electron chi connectivity index (χ1n) is 8.27. The summed E-state index contributed by atoms with van der Waals surface area (Å²) >= 11 is 0. The van der Waals surface area contributed by atoms with E-state index in [1.54, 1.807) is 12.1 Å². The number of benzene rings is 2. The second-order valence-electron chi connectivity index (χ2n) is 6.04. The molecule has 0 heterocycles. The lowest BCUT2D eigenvalue weighted by molar-refractivity contribution is 0.140. The van der Waals surface area contributed by atoms with Crippen LogP contribution in [0.15, 0.2) is 30.3 Å². The SMILES string of the molecule is CCc1cc(C)c(C)cc1OCc1c(C)cccc1N(O)C(=O)OC. The van der Waals surface area contributed by atoms with Crippen molar-refractivity contribution in [1.82, 2.24) is 0 Å². The van der Waals surface area contributed by atoms with E-state index in [-0.39, 0.29) is 6.61 Å². The second-order valence-corrected chi connectivity index (χ2v) is 6.04. The molecule has 0 bridgehead atoms. The number of hydrogen-bond acceptors (Lipinski definition) is 4. The van der Waals surface area contributed by atoms with Crippen molar-refractivity contribution in [2.75, 3.05) is 12.2 Å². The highest BCUT2D eigenvalue weighted by Crippen LogP contribution is 2.28. The molecule has 25 heavy (non-hydrogen) atoms. The molecule has 0 spiro atoms. The summed E-state index contributed by atoms with van der Waals surface area (Å²) in [5.74, 6) is 0.822. The Morgan fingerprint density at radius 2 is 1.80 bits per heavy atom. The summed E-state index contributed by atoms with van der Waals surface area (Å²) in [6.07, 6.45) is 0.0260. The van der Waals surface area contributed by atoms with Gasteiger partial charge in [0, 0.05) is 5.56 Å². The Kier molecular flexibility index (Phi) is 6.04. The second kappa shape index (κ2) is 8.03. The minimum atomic E-state index is -0.840. The summed E-state index contributed by atoms with van der Waals surface area (Å²) in [7, 11) is 1.22. The average molecular weight is 343 g/mol. The fraction of sp³-hybridized carbons (Fsp3) is 0.350. The quantitative estimate of drug-likeness (QED) is 0.630. The fourth-order valence-corrected chi connectivity index (χ4v) is 2.67. The Balaban J connectivity index is 2.33. The Labute approximate surface area is 148 Å². The summed E-state index contributed by atoms with van der Waals surface area (Å²) in [6.45, 7) is 8.37. The summed E-state index contributed by atoms with van der Waals surface area (Å²) in [6, 6.07) is 9.51. The highest BCUT2D eigenvalue weighted by molar-refractivity contribution is 5.86. The van der Waals surface area contributed by atoms with Crippen molar-refractivity contribution >= 4 is 11.8 Å². The van der Waals surface area contributed by atoms with Crippen LogP contribution in [0.25, 0.3) is 0 Å². The lowest BCUT2D eigenvalue weighted by Gasteiger charge is -2.20. The standard InChI is InChI=1S/C20H25NO4/c1-6-16-10-14(3)15(4)11-19(16)25-12-17-13(2)8-7-9-18(17)21(23)20(22)24-5/h7-11,23H,6,12H2,1-5H3. The van der Waals surface area contributed by atoms with Crippen molar-refractivity contribution in [3.63, 3.8) is 0 Å². The third kappa shape index (κ3) is 4.12. The first-order chi connectivity index (χ1) is 11.9. The zero-order valence-electron chi connectivity index (χ0n) is 15.4. The van der Waals surface area contributed by atoms with Crippen molar-refractivity contribution in [3.8, 4) is 5.75 Å². The molecule has 0 aliphatic rings. The Morgan fingerprint density at radius 3 is 2.44 bits per heavy atom. The molecular formula is C20H25NO4. The van der Waals surface area contributed by atoms with Crippen LogP contribution in [-0.2, 0) is 17.8 Å². The normalized spacial score (nSPS) is 10.5. The number of hydrogen-bond donors (Lipinski definition) is 1. The molecule has 134 valence electrons. The number of hydroxylamine groups is 1. The molecular weight excluding hydrogens is 318 g/mol. The molecule has 2 aromatic carbocycles. The third-order valence-electron chi connectivity index (χ3n) is 4.39. The number of ether oxygens (including phenoxy) is 2. The number of aryl methyl sites for hydroxylation is 4. The number of carbonyl (C=O) groups excluding carboxylic acids is 1. The van der Waals surface area contributed by atoms with E-state index in [0.29, 0.717) is 10.8 Å². The molecule has 2 aromatic rings. The minimum absolute atomic E-state index is 0.242. The van der Waals surface area contributed by atoms with Crippen molar-refractivity contribution in [2.45, 2.75) is 40.7 Å². The van der Waals surface area contributed by atoms with Crippen LogP contribution in [0.3, 0.4) is 0 Å². The van der Waals surface area contributed by atoms with Crippen LogP contribution in [-0.4, -0.2) is 18.4 Å². The van der Waals surface area contributed by atoms with Gasteiger partial charge in [0.25, 0.3) is 0 Å². The van der Waals surface area contributed by atoms with E-state index >= 15 is 0 Å². The Hall–Kier alpha value is -2.53. The van der Waals surface area contributed by atoms with Gasteiger partial charge in [-0.25, -0.2) is 4.79 Å². The van der Waals surface area contributed by atoms with Gasteiger partial charge >= 0.3 is 6.09 Å². The van der Waals surface area contributed by atoms with Crippen LogP contribution in [0.1, 0.15) is 34.7 Å². The number of anilines is 1. The predicted octanol–water partition coefficient (Wildman–Crippen LogP) is 4.72. The van der Waals surface area contributed by atoms with Crippen LogP contribution in [0.5, 0.6) is 5.75 Å². The van der Waals surface area contributed by atoms with Gasteiger partial charge in [-0.05, 0) is 61.6 Å². The predicted molar refractivity (Wildman–Crippen MR) is 97.5 cm³/mol. The zero-order valence-corrected chi connectivity index (χ0v) is 15.4. The topological polar surface area (TPSA) is 59.0 Å². The molecule has 0 atom stereocenters. The molecule has 0 saturated carbocycles. The maximum absolute atomic E-state index is 11.6. The van der Waals surface area contributed by atoms with E-state index in [4.69, 9.17) is 4.74 Å². The van der Waals surface area contributed by atoms with Gasteiger partial charge in [-0.3, -0.25) is 5.21 Å². The number of methoxy groups -OCH3 is 1. The van der Waals surface area contributed by atoms with Gasteiger partial charge in [0.1, 0.15) is 12.4 Å². The molecule has 1 amide bonds. The van der Waals surface area contributed by atoms with Crippen LogP contribution < -0.4 is 9.80 Å². The van der Waals surface area contributed by atoms with E-state index in [0.717, 1.165) is 34.4 Å². The summed E-state index contributed by atoms with van der Waals surface area (Å²) < 4.78 is 10.6. The summed E-state index contributed by atoms with van der Waals surface area (Å²) in [5, 5.41) is 10.6. The van der Waals surface area contributed by atoms with E-state index in [1.165, 1.54) is 12.7 Å². The highest BCUT2D eigenvalue weighted by atomic mass is 16.6. The molecule has 5 heteroatoms. The molecule has 0 aliphatic carbocycles. The molecule has 2 rings (SSSR count). The largest absolute Gasteiger partial charge is 0.489 e. The van der Waals surface area contributed by atoms with Gasteiger partial charge in [-0.15, -0.1) is 0 Å². The van der Waals surface area contributed by atoms with Gasteiger partial charge in [-0.2, -0.15) is 5.06 Å². The number of nitrogens with zero attached hydrogens (tertiary/aromatic N) is 1. The van der Waals surface area contributed by atoms with E-state index in [9.17, 15) is 10.0 Å². The van der Waals surface area contributed by atoms with Crippen molar-refractivity contribution < 1.29 is 19.5 Å². The van der Waals surface area contributed by atoms with Crippen molar-refractivity contribution in [2.24, 2.45) is 0 Å². The van der Waals surface area contributed by atoms with Gasteiger partial charge in [0.05, 0.1) is 12.8 Å². The van der Waals surface area contributed by atoms with Crippen molar-refractivity contribution in [3.05, 3.63) is 58.1 Å². The van der Waals surface area contributed by atoms with Gasteiger partial charge < -0.3 is 9.47 Å². The van der Waals surface area contributed by atoms with Crippen LogP contribution >= 0.6 is 0 Å². The van der Waals surface area contributed by atoms with E-state index < -0.39 is 6.09 Å². The molecule has 0 fully saturated rings. The van der Waals surface area contributed by atoms with Gasteiger partial charge in [0.15, 0.2) is 0 Å². The monoisotopic (exact) mass is 343 g/mol. The molecule has 0 radical (unpaired) electrons. The minimum Gasteiger partial charge on any atom is -0.489 e. The van der Waals surface area contributed by atoms with Crippen LogP contribution in [0.2, 0.25) is 0 Å².